The Hall–Kier alpha value is -1.76. The molecule has 0 aliphatic rings. The number of benzene rings is 2. The Bertz CT molecular complexity index is 599. The summed E-state index contributed by atoms with van der Waals surface area (Å²) in [5.41, 5.74) is 6.76. The van der Waals surface area contributed by atoms with E-state index in [1.165, 1.54) is 11.0 Å². The van der Waals surface area contributed by atoms with Crippen molar-refractivity contribution in [1.29, 1.82) is 0 Å². The smallest absolute Gasteiger partial charge is 0.138 e. The number of hydrogen-bond donors (Lipinski definition) is 1. The third-order valence-corrected chi connectivity index (χ3v) is 3.59. The van der Waals surface area contributed by atoms with Gasteiger partial charge in [0.05, 0.1) is 12.1 Å². The van der Waals surface area contributed by atoms with Crippen LogP contribution in [-0.2, 0) is 5.75 Å². The molecule has 0 spiro atoms. The Morgan fingerprint density at radius 1 is 1.11 bits per heavy atom. The number of nitrogens with two attached hydrogens (primary N) is 1. The highest BCUT2D eigenvalue weighted by molar-refractivity contribution is 7.98. The van der Waals surface area contributed by atoms with Crippen molar-refractivity contribution in [3.63, 3.8) is 0 Å². The first kappa shape index (κ1) is 13.7. The van der Waals surface area contributed by atoms with Crippen LogP contribution in [0.5, 0.6) is 0 Å². The summed E-state index contributed by atoms with van der Waals surface area (Å²) in [5, 5.41) is 0. The highest BCUT2D eigenvalue weighted by Gasteiger charge is 2.02. The summed E-state index contributed by atoms with van der Waals surface area (Å²) in [4.78, 5) is 1.20. The maximum absolute atomic E-state index is 13.5. The van der Waals surface area contributed by atoms with Crippen LogP contribution < -0.4 is 5.73 Å². The van der Waals surface area contributed by atoms with Gasteiger partial charge in [-0.05, 0) is 29.8 Å². The Morgan fingerprint density at radius 3 is 2.63 bits per heavy atom. The van der Waals surface area contributed by atoms with E-state index >= 15 is 0 Å². The quantitative estimate of drug-likeness (QED) is 0.683. The summed E-state index contributed by atoms with van der Waals surface area (Å²) < 4.78 is 13.5. The molecule has 0 atom stereocenters. The molecule has 0 aromatic heterocycles. The van der Waals surface area contributed by atoms with Crippen molar-refractivity contribution in [3.8, 4) is 11.8 Å². The zero-order valence-electron chi connectivity index (χ0n) is 10.4. The molecule has 0 amide bonds. The van der Waals surface area contributed by atoms with Gasteiger partial charge in [-0.25, -0.2) is 4.39 Å². The highest BCUT2D eigenvalue weighted by Crippen LogP contribution is 2.23. The molecule has 2 N–H and O–H groups in total. The van der Waals surface area contributed by atoms with Gasteiger partial charge in [0.1, 0.15) is 5.82 Å². The maximum Gasteiger partial charge on any atom is 0.138 e. The SMILES string of the molecule is NCC#Cc1cc(CSc2ccccc2)ccc1F. The molecule has 2 rings (SSSR count). The Morgan fingerprint density at radius 2 is 1.89 bits per heavy atom. The summed E-state index contributed by atoms with van der Waals surface area (Å²) in [6.45, 7) is 0.239. The van der Waals surface area contributed by atoms with Gasteiger partial charge in [0.25, 0.3) is 0 Å². The lowest BCUT2D eigenvalue weighted by Crippen LogP contribution is -1.94. The van der Waals surface area contributed by atoms with Crippen LogP contribution in [0.3, 0.4) is 0 Å². The average Bonchev–Trinajstić information content (AvgIpc) is 2.46. The van der Waals surface area contributed by atoms with E-state index in [4.69, 9.17) is 5.73 Å². The zero-order chi connectivity index (χ0) is 13.5. The monoisotopic (exact) mass is 271 g/mol. The Kier molecular flexibility index (Phi) is 5.02. The molecule has 2 aromatic rings. The third kappa shape index (κ3) is 4.13. The highest BCUT2D eigenvalue weighted by atomic mass is 32.2. The summed E-state index contributed by atoms with van der Waals surface area (Å²) in [5.74, 6) is 5.93. The number of rotatable bonds is 3. The zero-order valence-corrected chi connectivity index (χ0v) is 11.2. The molecule has 3 heteroatoms. The minimum Gasteiger partial charge on any atom is -0.320 e. The molecule has 0 aliphatic heterocycles. The lowest BCUT2D eigenvalue weighted by molar-refractivity contribution is 0.624. The second kappa shape index (κ2) is 6.98. The predicted molar refractivity (Wildman–Crippen MR) is 78.3 cm³/mol. The minimum absolute atomic E-state index is 0.239. The molecular formula is C16H14FNS. The molecule has 0 radical (unpaired) electrons. The second-order valence-corrected chi connectivity index (χ2v) is 4.97. The Labute approximate surface area is 117 Å². The van der Waals surface area contributed by atoms with Crippen LogP contribution in [0.25, 0.3) is 0 Å². The summed E-state index contributed by atoms with van der Waals surface area (Å²) in [6.07, 6.45) is 0. The van der Waals surface area contributed by atoms with E-state index in [2.05, 4.69) is 24.0 Å². The molecule has 96 valence electrons. The minimum atomic E-state index is -0.297. The number of thioether (sulfide) groups is 1. The first-order chi connectivity index (χ1) is 9.29. The summed E-state index contributed by atoms with van der Waals surface area (Å²) in [7, 11) is 0. The summed E-state index contributed by atoms with van der Waals surface area (Å²) >= 11 is 1.72. The van der Waals surface area contributed by atoms with Gasteiger partial charge in [-0.3, -0.25) is 0 Å². The fourth-order valence-electron chi connectivity index (χ4n) is 1.59. The Balaban J connectivity index is 2.09. The standard InChI is InChI=1S/C16H14FNS/c17-16-9-8-13(11-14(16)5-4-10-18)12-19-15-6-2-1-3-7-15/h1-3,6-9,11H,10,12,18H2. The maximum atomic E-state index is 13.5. The normalized spacial score (nSPS) is 9.79. The first-order valence-corrected chi connectivity index (χ1v) is 6.93. The fraction of sp³-hybridized carbons (Fsp3) is 0.125. The van der Waals surface area contributed by atoms with Crippen molar-refractivity contribution < 1.29 is 4.39 Å². The van der Waals surface area contributed by atoms with Gasteiger partial charge < -0.3 is 5.73 Å². The van der Waals surface area contributed by atoms with Crippen LogP contribution in [-0.4, -0.2) is 6.54 Å². The van der Waals surface area contributed by atoms with Gasteiger partial charge in [-0.2, -0.15) is 0 Å². The van der Waals surface area contributed by atoms with Crippen molar-refractivity contribution in [2.75, 3.05) is 6.54 Å². The van der Waals surface area contributed by atoms with Gasteiger partial charge in [0.15, 0.2) is 0 Å². The molecule has 0 bridgehead atoms. The van der Waals surface area contributed by atoms with Crippen LogP contribution in [0, 0.1) is 17.7 Å². The fourth-order valence-corrected chi connectivity index (χ4v) is 2.45. The average molecular weight is 271 g/mol. The van der Waals surface area contributed by atoms with E-state index in [-0.39, 0.29) is 12.4 Å². The molecule has 0 fully saturated rings. The van der Waals surface area contributed by atoms with Crippen molar-refractivity contribution in [2.24, 2.45) is 5.73 Å². The van der Waals surface area contributed by atoms with Gasteiger partial charge in [-0.1, -0.05) is 36.1 Å². The molecule has 1 nitrogen and oxygen atoms in total. The van der Waals surface area contributed by atoms with E-state index in [0.717, 1.165) is 11.3 Å². The van der Waals surface area contributed by atoms with E-state index in [0.29, 0.717) is 5.56 Å². The van der Waals surface area contributed by atoms with Crippen LogP contribution in [0.2, 0.25) is 0 Å². The van der Waals surface area contributed by atoms with Gasteiger partial charge in [-0.15, -0.1) is 11.8 Å². The molecule has 0 aliphatic carbocycles. The van der Waals surface area contributed by atoms with E-state index < -0.39 is 0 Å². The van der Waals surface area contributed by atoms with Crippen LogP contribution in [0.15, 0.2) is 53.4 Å². The number of halogens is 1. The lowest BCUT2D eigenvalue weighted by Gasteiger charge is -2.03. The van der Waals surface area contributed by atoms with Crippen LogP contribution >= 0.6 is 11.8 Å². The molecule has 19 heavy (non-hydrogen) atoms. The van der Waals surface area contributed by atoms with Crippen molar-refractivity contribution in [3.05, 3.63) is 65.5 Å². The largest absolute Gasteiger partial charge is 0.320 e. The first-order valence-electron chi connectivity index (χ1n) is 5.95. The van der Waals surface area contributed by atoms with E-state index in [1.54, 1.807) is 23.9 Å². The van der Waals surface area contributed by atoms with Crippen molar-refractivity contribution in [2.45, 2.75) is 10.6 Å². The molecule has 0 saturated heterocycles. The van der Waals surface area contributed by atoms with E-state index in [1.807, 2.05) is 18.2 Å². The third-order valence-electron chi connectivity index (χ3n) is 2.50. The summed E-state index contributed by atoms with van der Waals surface area (Å²) in [6, 6.07) is 15.2. The number of hydrogen-bond acceptors (Lipinski definition) is 2. The molecule has 0 unspecified atom stereocenters. The van der Waals surface area contributed by atoms with Gasteiger partial charge >= 0.3 is 0 Å². The predicted octanol–water partition coefficient (Wildman–Crippen LogP) is 3.43. The van der Waals surface area contributed by atoms with Gasteiger partial charge in [0.2, 0.25) is 0 Å². The van der Waals surface area contributed by atoms with Crippen molar-refractivity contribution in [1.82, 2.24) is 0 Å². The lowest BCUT2D eigenvalue weighted by atomic mass is 10.1. The van der Waals surface area contributed by atoms with Crippen molar-refractivity contribution >= 4 is 11.8 Å². The molecular weight excluding hydrogens is 257 g/mol. The molecule has 0 heterocycles. The van der Waals surface area contributed by atoms with Crippen LogP contribution in [0.1, 0.15) is 11.1 Å². The van der Waals surface area contributed by atoms with E-state index in [9.17, 15) is 4.39 Å². The second-order valence-electron chi connectivity index (χ2n) is 3.92. The molecule has 2 aromatic carbocycles. The van der Waals surface area contributed by atoms with Gasteiger partial charge in [0, 0.05) is 10.6 Å². The molecule has 0 saturated carbocycles. The topological polar surface area (TPSA) is 26.0 Å². The van der Waals surface area contributed by atoms with Crippen LogP contribution in [0.4, 0.5) is 4.39 Å².